The summed E-state index contributed by atoms with van der Waals surface area (Å²) >= 11 is 0. The van der Waals surface area contributed by atoms with Gasteiger partial charge in [-0.05, 0) is 25.0 Å². The van der Waals surface area contributed by atoms with Crippen molar-refractivity contribution in [2.75, 3.05) is 26.8 Å². The number of piperidine rings is 1. The Kier molecular flexibility index (Phi) is 6.24. The minimum absolute atomic E-state index is 0.180. The van der Waals surface area contributed by atoms with E-state index < -0.39 is 14.2 Å². The molecule has 9 heteroatoms. The molecule has 1 saturated heterocycles. The van der Waals surface area contributed by atoms with Crippen molar-refractivity contribution in [3.8, 4) is 5.75 Å². The van der Waals surface area contributed by atoms with Crippen LogP contribution in [0.15, 0.2) is 12.3 Å². The maximum absolute atomic E-state index is 11.2. The molecule has 3 heterocycles. The number of aromatic nitrogens is 3. The molecule has 0 aromatic carbocycles. The third kappa shape index (κ3) is 4.64. The first kappa shape index (κ1) is 20.6. The van der Waals surface area contributed by atoms with Crippen LogP contribution in [0.2, 0.25) is 25.7 Å². The van der Waals surface area contributed by atoms with Gasteiger partial charge in [0, 0.05) is 39.9 Å². The van der Waals surface area contributed by atoms with Gasteiger partial charge in [-0.2, -0.15) is 5.10 Å². The van der Waals surface area contributed by atoms with Gasteiger partial charge in [0.25, 0.3) is 0 Å². The van der Waals surface area contributed by atoms with Crippen molar-refractivity contribution in [2.24, 2.45) is 0 Å². The van der Waals surface area contributed by atoms with Crippen LogP contribution in [-0.4, -0.2) is 65.7 Å². The molecule has 0 atom stereocenters. The molecule has 0 unspecified atom stereocenters. The van der Waals surface area contributed by atoms with Crippen molar-refractivity contribution >= 4 is 25.2 Å². The van der Waals surface area contributed by atoms with E-state index in [1.807, 2.05) is 6.07 Å². The van der Waals surface area contributed by atoms with Gasteiger partial charge in [0.15, 0.2) is 5.65 Å². The van der Waals surface area contributed by atoms with Gasteiger partial charge in [-0.25, -0.2) is 14.5 Å². The van der Waals surface area contributed by atoms with Gasteiger partial charge in [0.1, 0.15) is 12.5 Å². The Labute approximate surface area is 166 Å². The van der Waals surface area contributed by atoms with Gasteiger partial charge in [0.05, 0.1) is 18.2 Å². The van der Waals surface area contributed by atoms with Gasteiger partial charge in [-0.1, -0.05) is 19.6 Å². The van der Waals surface area contributed by atoms with Crippen LogP contribution < -0.4 is 4.74 Å². The Bertz CT molecular complexity index is 825. The molecule has 2 aromatic heterocycles. The van der Waals surface area contributed by atoms with Crippen molar-refractivity contribution in [3.05, 3.63) is 18.0 Å². The molecular formula is C19H30N4O4Si. The molecule has 0 bridgehead atoms. The predicted octanol–water partition coefficient (Wildman–Crippen LogP) is 3.61. The zero-order valence-electron chi connectivity index (χ0n) is 17.1. The highest BCUT2D eigenvalue weighted by Crippen LogP contribution is 2.36. The second kappa shape index (κ2) is 8.48. The highest BCUT2D eigenvalue weighted by Gasteiger charge is 2.29. The molecule has 0 spiro atoms. The SMILES string of the molecule is COc1ccnc2c1c(C1CCN(C(=O)O)CC1)nn2COCC[Si](C)(C)C. The van der Waals surface area contributed by atoms with E-state index in [0.29, 0.717) is 26.4 Å². The fourth-order valence-electron chi connectivity index (χ4n) is 3.52. The lowest BCUT2D eigenvalue weighted by Crippen LogP contribution is -2.36. The number of ether oxygens (including phenoxy) is 2. The lowest BCUT2D eigenvalue weighted by molar-refractivity contribution is 0.0806. The highest BCUT2D eigenvalue weighted by molar-refractivity contribution is 6.76. The van der Waals surface area contributed by atoms with E-state index in [-0.39, 0.29) is 5.92 Å². The Morgan fingerprint density at radius 1 is 1.32 bits per heavy atom. The Morgan fingerprint density at radius 2 is 2.04 bits per heavy atom. The van der Waals surface area contributed by atoms with Gasteiger partial charge in [-0.15, -0.1) is 0 Å². The molecule has 2 aromatic rings. The van der Waals surface area contributed by atoms with Crippen LogP contribution in [0.1, 0.15) is 24.5 Å². The van der Waals surface area contributed by atoms with Gasteiger partial charge >= 0.3 is 6.09 Å². The second-order valence-electron chi connectivity index (χ2n) is 8.49. The number of nitrogens with zero attached hydrogens (tertiary/aromatic N) is 4. The van der Waals surface area contributed by atoms with Crippen LogP contribution in [0.4, 0.5) is 4.79 Å². The van der Waals surface area contributed by atoms with Crippen molar-refractivity contribution in [1.82, 2.24) is 19.7 Å². The average molecular weight is 407 g/mol. The zero-order valence-corrected chi connectivity index (χ0v) is 18.1. The summed E-state index contributed by atoms with van der Waals surface area (Å²) in [6, 6.07) is 2.94. The molecule has 0 radical (unpaired) electrons. The smallest absolute Gasteiger partial charge is 0.407 e. The van der Waals surface area contributed by atoms with Crippen LogP contribution in [0.3, 0.4) is 0 Å². The number of likely N-dealkylation sites (tertiary alicyclic amines) is 1. The highest BCUT2D eigenvalue weighted by atomic mass is 28.3. The summed E-state index contributed by atoms with van der Waals surface area (Å²) < 4.78 is 13.3. The van der Waals surface area contributed by atoms with Gasteiger partial charge < -0.3 is 19.5 Å². The maximum atomic E-state index is 11.2. The van der Waals surface area contributed by atoms with E-state index in [1.54, 1.807) is 18.0 Å². The number of carbonyl (C=O) groups is 1. The summed E-state index contributed by atoms with van der Waals surface area (Å²) in [5.74, 6) is 0.924. The van der Waals surface area contributed by atoms with E-state index in [1.165, 1.54) is 4.90 Å². The van der Waals surface area contributed by atoms with Crippen LogP contribution in [0.5, 0.6) is 5.75 Å². The lowest BCUT2D eigenvalue weighted by atomic mass is 9.92. The first-order chi connectivity index (χ1) is 13.3. The molecule has 8 nitrogen and oxygen atoms in total. The van der Waals surface area contributed by atoms with Crippen molar-refractivity contribution in [1.29, 1.82) is 0 Å². The molecule has 1 fully saturated rings. The molecule has 0 aliphatic carbocycles. The molecule has 1 aliphatic heterocycles. The third-order valence-corrected chi connectivity index (χ3v) is 6.91. The van der Waals surface area contributed by atoms with Crippen molar-refractivity contribution in [3.63, 3.8) is 0 Å². The largest absolute Gasteiger partial charge is 0.496 e. The summed E-state index contributed by atoms with van der Waals surface area (Å²) in [6.45, 7) is 9.09. The van der Waals surface area contributed by atoms with Crippen LogP contribution in [0, 0.1) is 0 Å². The number of hydrogen-bond donors (Lipinski definition) is 1. The average Bonchev–Trinajstić information content (AvgIpc) is 3.03. The van der Waals surface area contributed by atoms with E-state index >= 15 is 0 Å². The van der Waals surface area contributed by atoms with E-state index in [2.05, 4.69) is 24.6 Å². The van der Waals surface area contributed by atoms with Gasteiger partial charge in [0.2, 0.25) is 0 Å². The third-order valence-electron chi connectivity index (χ3n) is 5.20. The van der Waals surface area contributed by atoms with E-state index in [0.717, 1.165) is 41.4 Å². The fraction of sp³-hybridized carbons (Fsp3) is 0.632. The zero-order chi connectivity index (χ0) is 20.3. The topological polar surface area (TPSA) is 89.7 Å². The number of rotatable bonds is 7. The molecule has 154 valence electrons. The number of amides is 1. The molecule has 3 rings (SSSR count). The molecule has 1 aliphatic rings. The van der Waals surface area contributed by atoms with Crippen molar-refractivity contribution < 1.29 is 19.4 Å². The van der Waals surface area contributed by atoms with E-state index in [9.17, 15) is 9.90 Å². The summed E-state index contributed by atoms with van der Waals surface area (Å²) in [6.07, 6.45) is 2.35. The maximum Gasteiger partial charge on any atom is 0.407 e. The summed E-state index contributed by atoms with van der Waals surface area (Å²) in [7, 11) is 0.502. The summed E-state index contributed by atoms with van der Waals surface area (Å²) in [4.78, 5) is 17.2. The lowest BCUT2D eigenvalue weighted by Gasteiger charge is -2.29. The molecule has 1 N–H and O–H groups in total. The summed E-state index contributed by atoms with van der Waals surface area (Å²) in [5.41, 5.74) is 1.68. The normalized spacial score (nSPS) is 15.9. The number of methoxy groups -OCH3 is 1. The minimum Gasteiger partial charge on any atom is -0.496 e. The van der Waals surface area contributed by atoms with Crippen molar-refractivity contribution in [2.45, 2.75) is 51.2 Å². The molecule has 0 saturated carbocycles. The Hall–Kier alpha value is -2.13. The number of hydrogen-bond acceptors (Lipinski definition) is 5. The number of carboxylic acid groups (broad SMARTS) is 1. The molecule has 28 heavy (non-hydrogen) atoms. The monoisotopic (exact) mass is 406 g/mol. The Balaban J connectivity index is 1.83. The van der Waals surface area contributed by atoms with E-state index in [4.69, 9.17) is 14.6 Å². The quantitative estimate of drug-likeness (QED) is 0.558. The van der Waals surface area contributed by atoms with Gasteiger partial charge in [-0.3, -0.25) is 0 Å². The minimum atomic E-state index is -1.14. The van der Waals surface area contributed by atoms with Crippen LogP contribution >= 0.6 is 0 Å². The fourth-order valence-corrected chi connectivity index (χ4v) is 4.27. The second-order valence-corrected chi connectivity index (χ2v) is 14.1. The molecular weight excluding hydrogens is 376 g/mol. The number of fused-ring (bicyclic) bond motifs is 1. The molecule has 1 amide bonds. The standard InChI is InChI=1S/C19H30N4O4Si/c1-26-15-5-8-20-18-16(15)17(14-6-9-22(10-7-14)19(24)25)21-23(18)13-27-11-12-28(2,3)4/h5,8,14H,6-7,9-13H2,1-4H3,(H,24,25). The number of pyridine rings is 1. The summed E-state index contributed by atoms with van der Waals surface area (Å²) in [5, 5.41) is 14.9. The predicted molar refractivity (Wildman–Crippen MR) is 110 cm³/mol. The first-order valence-corrected chi connectivity index (χ1v) is 13.5. The first-order valence-electron chi connectivity index (χ1n) is 9.75. The van der Waals surface area contributed by atoms with Crippen LogP contribution in [0.25, 0.3) is 11.0 Å². The Morgan fingerprint density at radius 3 is 2.64 bits per heavy atom. The van der Waals surface area contributed by atoms with Crippen LogP contribution in [-0.2, 0) is 11.5 Å².